The van der Waals surface area contributed by atoms with Crippen molar-refractivity contribution < 1.29 is 19.0 Å². The van der Waals surface area contributed by atoms with Gasteiger partial charge in [-0.2, -0.15) is 0 Å². The van der Waals surface area contributed by atoms with E-state index in [1.54, 1.807) is 19.2 Å². The van der Waals surface area contributed by atoms with Gasteiger partial charge in [-0.05, 0) is 31.4 Å². The van der Waals surface area contributed by atoms with Crippen LogP contribution in [-0.2, 0) is 9.47 Å². The minimum Gasteiger partial charge on any atom is -0.495 e. The molecule has 0 bridgehead atoms. The molecule has 1 unspecified atom stereocenters. The molecule has 2 N–H and O–H groups in total. The van der Waals surface area contributed by atoms with E-state index in [9.17, 15) is 4.79 Å². The Hall–Kier alpha value is -1.79. The molecule has 122 valence electrons. The fourth-order valence-corrected chi connectivity index (χ4v) is 2.28. The molecule has 0 spiro atoms. The molecule has 0 aromatic heterocycles. The lowest BCUT2D eigenvalue weighted by molar-refractivity contribution is 0.0168. The summed E-state index contributed by atoms with van der Waals surface area (Å²) < 4.78 is 16.2. The number of benzene rings is 1. The molecule has 2 amide bonds. The molecule has 0 radical (unpaired) electrons. The SMILES string of the molecule is COc1ccccc1NC(=O)NCCCOCC1CCCO1. The number of anilines is 1. The minimum atomic E-state index is -0.247. The molecule has 1 aliphatic heterocycles. The average molecular weight is 308 g/mol. The minimum absolute atomic E-state index is 0.247. The van der Waals surface area contributed by atoms with Gasteiger partial charge in [0.2, 0.25) is 0 Å². The highest BCUT2D eigenvalue weighted by Crippen LogP contribution is 2.22. The summed E-state index contributed by atoms with van der Waals surface area (Å²) in [5, 5.41) is 5.56. The second kappa shape index (κ2) is 9.27. The summed E-state index contributed by atoms with van der Waals surface area (Å²) in [6, 6.07) is 7.05. The van der Waals surface area contributed by atoms with Crippen LogP contribution >= 0.6 is 0 Å². The number of para-hydroxylation sites is 2. The van der Waals surface area contributed by atoms with Crippen LogP contribution in [0, 0.1) is 0 Å². The Morgan fingerprint density at radius 3 is 3.05 bits per heavy atom. The molecule has 1 atom stereocenters. The molecule has 22 heavy (non-hydrogen) atoms. The van der Waals surface area contributed by atoms with Gasteiger partial charge in [-0.1, -0.05) is 12.1 Å². The topological polar surface area (TPSA) is 68.8 Å². The average Bonchev–Trinajstić information content (AvgIpc) is 3.04. The number of carbonyl (C=O) groups excluding carboxylic acids is 1. The van der Waals surface area contributed by atoms with E-state index >= 15 is 0 Å². The molecule has 1 saturated heterocycles. The fraction of sp³-hybridized carbons (Fsp3) is 0.562. The van der Waals surface area contributed by atoms with Crippen molar-refractivity contribution >= 4 is 11.7 Å². The fourth-order valence-electron chi connectivity index (χ4n) is 2.28. The van der Waals surface area contributed by atoms with Crippen molar-refractivity contribution in [1.82, 2.24) is 5.32 Å². The second-order valence-corrected chi connectivity index (χ2v) is 5.14. The lowest BCUT2D eigenvalue weighted by Gasteiger charge is -2.12. The molecule has 1 aromatic carbocycles. The maximum atomic E-state index is 11.8. The van der Waals surface area contributed by atoms with Gasteiger partial charge in [-0.25, -0.2) is 4.79 Å². The summed E-state index contributed by atoms with van der Waals surface area (Å²) in [5.74, 6) is 0.637. The lowest BCUT2D eigenvalue weighted by atomic mass is 10.2. The molecule has 1 heterocycles. The summed E-state index contributed by atoms with van der Waals surface area (Å²) in [5.41, 5.74) is 0.650. The van der Waals surface area contributed by atoms with Gasteiger partial charge in [-0.3, -0.25) is 0 Å². The molecule has 0 saturated carbocycles. The van der Waals surface area contributed by atoms with E-state index < -0.39 is 0 Å². The van der Waals surface area contributed by atoms with Crippen molar-refractivity contribution in [3.05, 3.63) is 24.3 Å². The number of hydrogen-bond acceptors (Lipinski definition) is 4. The van der Waals surface area contributed by atoms with Crippen molar-refractivity contribution in [2.75, 3.05) is 38.8 Å². The van der Waals surface area contributed by atoms with E-state index in [0.29, 0.717) is 31.2 Å². The predicted molar refractivity (Wildman–Crippen MR) is 84.4 cm³/mol. The van der Waals surface area contributed by atoms with E-state index in [1.807, 2.05) is 12.1 Å². The zero-order chi connectivity index (χ0) is 15.6. The summed E-state index contributed by atoms with van der Waals surface area (Å²) in [4.78, 5) is 11.8. The first-order valence-electron chi connectivity index (χ1n) is 7.67. The molecule has 2 rings (SSSR count). The van der Waals surface area contributed by atoms with Crippen LogP contribution in [-0.4, -0.2) is 45.6 Å². The van der Waals surface area contributed by atoms with Gasteiger partial charge in [0.05, 0.1) is 25.5 Å². The Kier molecular flexibility index (Phi) is 6.99. The zero-order valence-electron chi connectivity index (χ0n) is 13.0. The zero-order valence-corrected chi connectivity index (χ0v) is 13.0. The van der Waals surface area contributed by atoms with Gasteiger partial charge in [0.25, 0.3) is 0 Å². The molecule has 1 fully saturated rings. The first-order valence-corrected chi connectivity index (χ1v) is 7.67. The van der Waals surface area contributed by atoms with Crippen LogP contribution in [0.5, 0.6) is 5.75 Å². The number of ether oxygens (including phenoxy) is 3. The van der Waals surface area contributed by atoms with Crippen molar-refractivity contribution in [2.24, 2.45) is 0 Å². The van der Waals surface area contributed by atoms with Gasteiger partial charge < -0.3 is 24.8 Å². The Bertz CT molecular complexity index is 461. The van der Waals surface area contributed by atoms with E-state index in [-0.39, 0.29) is 12.1 Å². The van der Waals surface area contributed by atoms with Crippen molar-refractivity contribution in [1.29, 1.82) is 0 Å². The van der Waals surface area contributed by atoms with Gasteiger partial charge in [-0.15, -0.1) is 0 Å². The predicted octanol–water partition coefficient (Wildman–Crippen LogP) is 2.40. The van der Waals surface area contributed by atoms with Crippen molar-refractivity contribution in [2.45, 2.75) is 25.4 Å². The van der Waals surface area contributed by atoms with E-state index in [2.05, 4.69) is 10.6 Å². The number of hydrogen-bond donors (Lipinski definition) is 2. The van der Waals surface area contributed by atoms with Crippen LogP contribution in [0.3, 0.4) is 0 Å². The Morgan fingerprint density at radius 1 is 1.41 bits per heavy atom. The van der Waals surface area contributed by atoms with Crippen LogP contribution in [0.4, 0.5) is 10.5 Å². The van der Waals surface area contributed by atoms with Crippen LogP contribution in [0.2, 0.25) is 0 Å². The molecular weight excluding hydrogens is 284 g/mol. The van der Waals surface area contributed by atoms with Gasteiger partial charge in [0.15, 0.2) is 0 Å². The monoisotopic (exact) mass is 308 g/mol. The summed E-state index contributed by atoms with van der Waals surface area (Å²) in [7, 11) is 1.57. The lowest BCUT2D eigenvalue weighted by Crippen LogP contribution is -2.30. The standard InChI is InChI=1S/C16H24N2O4/c1-20-15-8-3-2-7-14(15)18-16(19)17-9-5-10-21-12-13-6-4-11-22-13/h2-3,7-8,13H,4-6,9-12H2,1H3,(H2,17,18,19). The summed E-state index contributed by atoms with van der Waals surface area (Å²) >= 11 is 0. The molecule has 6 heteroatoms. The molecule has 0 aliphatic carbocycles. The van der Waals surface area contributed by atoms with E-state index in [0.717, 1.165) is 25.9 Å². The van der Waals surface area contributed by atoms with Crippen LogP contribution in [0.15, 0.2) is 24.3 Å². The quantitative estimate of drug-likeness (QED) is 0.724. The van der Waals surface area contributed by atoms with E-state index in [1.165, 1.54) is 0 Å². The molecule has 1 aromatic rings. The highest BCUT2D eigenvalue weighted by atomic mass is 16.5. The first kappa shape index (κ1) is 16.6. The maximum Gasteiger partial charge on any atom is 0.319 e. The van der Waals surface area contributed by atoms with Gasteiger partial charge in [0, 0.05) is 19.8 Å². The highest BCUT2D eigenvalue weighted by molar-refractivity contribution is 5.90. The summed E-state index contributed by atoms with van der Waals surface area (Å²) in [6.07, 6.45) is 3.23. The number of methoxy groups -OCH3 is 1. The highest BCUT2D eigenvalue weighted by Gasteiger charge is 2.14. The number of nitrogens with one attached hydrogen (secondary N) is 2. The number of urea groups is 1. The number of carbonyl (C=O) groups is 1. The van der Waals surface area contributed by atoms with Crippen molar-refractivity contribution in [3.63, 3.8) is 0 Å². The first-order chi connectivity index (χ1) is 10.8. The normalized spacial score (nSPS) is 17.2. The van der Waals surface area contributed by atoms with Gasteiger partial charge >= 0.3 is 6.03 Å². The van der Waals surface area contributed by atoms with Crippen LogP contribution in [0.25, 0.3) is 0 Å². The largest absolute Gasteiger partial charge is 0.495 e. The van der Waals surface area contributed by atoms with Gasteiger partial charge in [0.1, 0.15) is 5.75 Å². The third kappa shape index (κ3) is 5.54. The van der Waals surface area contributed by atoms with Crippen LogP contribution in [0.1, 0.15) is 19.3 Å². The number of amides is 2. The Morgan fingerprint density at radius 2 is 2.27 bits per heavy atom. The number of rotatable bonds is 8. The maximum absolute atomic E-state index is 11.8. The molecule has 1 aliphatic rings. The molecule has 6 nitrogen and oxygen atoms in total. The second-order valence-electron chi connectivity index (χ2n) is 5.14. The molecular formula is C16H24N2O4. The van der Waals surface area contributed by atoms with E-state index in [4.69, 9.17) is 14.2 Å². The smallest absolute Gasteiger partial charge is 0.319 e. The summed E-state index contributed by atoms with van der Waals surface area (Å²) in [6.45, 7) is 2.67. The van der Waals surface area contributed by atoms with Crippen molar-refractivity contribution in [3.8, 4) is 5.75 Å². The Labute approximate surface area is 131 Å². The Balaban J connectivity index is 1.55. The third-order valence-electron chi connectivity index (χ3n) is 3.43. The third-order valence-corrected chi connectivity index (χ3v) is 3.43. The van der Waals surface area contributed by atoms with Crippen LogP contribution < -0.4 is 15.4 Å².